The van der Waals surface area contributed by atoms with Crippen molar-refractivity contribution in [3.63, 3.8) is 0 Å². The molecule has 3 aromatic rings. The number of benzene rings is 2. The van der Waals surface area contributed by atoms with Crippen LogP contribution in [0.4, 0.5) is 24.7 Å². The zero-order chi connectivity index (χ0) is 23.3. The molecular weight excluding hydrogens is 476 g/mol. The van der Waals surface area contributed by atoms with Crippen molar-refractivity contribution >= 4 is 41.4 Å². The SMILES string of the molecule is Cc1nc(N)ccc1CNC(=O)Cc1c(Cl)ccc(NCC(F)(F)c2ccccc2)c1F.Cl.[HH].[HH]. The third-order valence-corrected chi connectivity index (χ3v) is 5.27. The third kappa shape index (κ3) is 6.76. The van der Waals surface area contributed by atoms with Gasteiger partial charge in [-0.3, -0.25) is 4.79 Å². The molecule has 5 nitrogen and oxygen atoms in total. The average molecular weight is 503 g/mol. The van der Waals surface area contributed by atoms with Crippen molar-refractivity contribution in [2.24, 2.45) is 0 Å². The third-order valence-electron chi connectivity index (χ3n) is 4.91. The first-order valence-corrected chi connectivity index (χ1v) is 10.2. The summed E-state index contributed by atoms with van der Waals surface area (Å²) in [5.41, 5.74) is 6.61. The molecule has 33 heavy (non-hydrogen) atoms. The van der Waals surface area contributed by atoms with Crippen LogP contribution in [-0.2, 0) is 23.7 Å². The minimum Gasteiger partial charge on any atom is -0.384 e. The molecule has 0 radical (unpaired) electrons. The lowest BCUT2D eigenvalue weighted by Gasteiger charge is -2.19. The van der Waals surface area contributed by atoms with Gasteiger partial charge in [-0.2, -0.15) is 8.78 Å². The summed E-state index contributed by atoms with van der Waals surface area (Å²) in [6.07, 6.45) is -0.350. The number of aryl methyl sites for hydroxylation is 1. The van der Waals surface area contributed by atoms with Gasteiger partial charge in [0.15, 0.2) is 5.82 Å². The first kappa shape index (κ1) is 26.3. The molecule has 0 unspecified atom stereocenters. The van der Waals surface area contributed by atoms with Gasteiger partial charge in [0.25, 0.3) is 5.92 Å². The quantitative estimate of drug-likeness (QED) is 0.366. The van der Waals surface area contributed by atoms with Gasteiger partial charge in [-0.15, -0.1) is 12.4 Å². The fourth-order valence-corrected chi connectivity index (χ4v) is 3.31. The highest BCUT2D eigenvalue weighted by Gasteiger charge is 2.31. The normalized spacial score (nSPS) is 10.9. The van der Waals surface area contributed by atoms with Crippen LogP contribution in [0.2, 0.25) is 5.02 Å². The van der Waals surface area contributed by atoms with E-state index in [1.54, 1.807) is 25.1 Å². The Morgan fingerprint density at radius 3 is 2.52 bits per heavy atom. The Morgan fingerprint density at radius 2 is 1.85 bits per heavy atom. The van der Waals surface area contributed by atoms with Crippen molar-refractivity contribution in [2.75, 3.05) is 17.6 Å². The second-order valence-corrected chi connectivity index (χ2v) is 7.65. The van der Waals surface area contributed by atoms with Crippen molar-refractivity contribution in [1.82, 2.24) is 10.3 Å². The Bertz CT molecular complexity index is 1130. The van der Waals surface area contributed by atoms with Crippen LogP contribution in [0.3, 0.4) is 0 Å². The fourth-order valence-electron chi connectivity index (χ4n) is 3.10. The molecule has 180 valence electrons. The van der Waals surface area contributed by atoms with Gasteiger partial charge >= 0.3 is 0 Å². The van der Waals surface area contributed by atoms with Crippen LogP contribution in [0.5, 0.6) is 0 Å². The summed E-state index contributed by atoms with van der Waals surface area (Å²) in [7, 11) is 0. The van der Waals surface area contributed by atoms with Crippen molar-refractivity contribution in [1.29, 1.82) is 0 Å². The number of amides is 1. The predicted octanol–water partition coefficient (Wildman–Crippen LogP) is 5.74. The lowest BCUT2D eigenvalue weighted by Crippen LogP contribution is -2.27. The van der Waals surface area contributed by atoms with E-state index in [4.69, 9.17) is 17.3 Å². The highest BCUT2D eigenvalue weighted by molar-refractivity contribution is 6.31. The Labute approximate surface area is 203 Å². The molecule has 2 aromatic carbocycles. The predicted molar refractivity (Wildman–Crippen MR) is 131 cm³/mol. The molecule has 0 fully saturated rings. The van der Waals surface area contributed by atoms with Crippen LogP contribution in [-0.4, -0.2) is 17.4 Å². The van der Waals surface area contributed by atoms with Gasteiger partial charge in [-0.25, -0.2) is 9.37 Å². The number of aromatic nitrogens is 1. The second kappa shape index (κ2) is 11.2. The van der Waals surface area contributed by atoms with Crippen LogP contribution in [0.1, 0.15) is 25.2 Å². The number of alkyl halides is 2. The van der Waals surface area contributed by atoms with Crippen molar-refractivity contribution < 1.29 is 20.8 Å². The van der Waals surface area contributed by atoms with Gasteiger partial charge in [-0.05, 0) is 30.7 Å². The Balaban J connectivity index is 0.00000385. The first-order chi connectivity index (χ1) is 15.2. The number of hydrogen-bond acceptors (Lipinski definition) is 4. The molecule has 1 amide bonds. The monoisotopic (exact) mass is 502 g/mol. The molecule has 1 aromatic heterocycles. The largest absolute Gasteiger partial charge is 0.384 e. The fraction of sp³-hybridized carbons (Fsp3) is 0.217. The van der Waals surface area contributed by atoms with E-state index >= 15 is 0 Å². The zero-order valence-corrected chi connectivity index (χ0v) is 19.2. The van der Waals surface area contributed by atoms with E-state index in [1.165, 1.54) is 36.4 Å². The molecule has 3 rings (SSSR count). The number of hydrogen-bond donors (Lipinski definition) is 3. The number of carbonyl (C=O) groups excluding carboxylic acids is 1. The molecular formula is C23H27Cl2F3N4O. The summed E-state index contributed by atoms with van der Waals surface area (Å²) in [5, 5.41) is 5.13. The minimum absolute atomic E-state index is 0. The maximum atomic E-state index is 14.9. The van der Waals surface area contributed by atoms with Gasteiger partial charge in [0, 0.05) is 31.2 Å². The molecule has 0 saturated heterocycles. The number of pyridine rings is 1. The number of anilines is 2. The van der Waals surface area contributed by atoms with Crippen LogP contribution in [0.25, 0.3) is 0 Å². The van der Waals surface area contributed by atoms with Gasteiger partial charge in [-0.1, -0.05) is 48.0 Å². The molecule has 1 heterocycles. The van der Waals surface area contributed by atoms with E-state index in [9.17, 15) is 18.0 Å². The van der Waals surface area contributed by atoms with Crippen molar-refractivity contribution in [3.05, 3.63) is 87.8 Å². The molecule has 0 aliphatic heterocycles. The van der Waals surface area contributed by atoms with Crippen LogP contribution in [0, 0.1) is 12.7 Å². The average Bonchev–Trinajstić information content (AvgIpc) is 2.76. The molecule has 10 heteroatoms. The number of nitrogens with zero attached hydrogens (tertiary/aromatic N) is 1. The van der Waals surface area contributed by atoms with Crippen LogP contribution in [0.15, 0.2) is 54.6 Å². The second-order valence-electron chi connectivity index (χ2n) is 7.25. The van der Waals surface area contributed by atoms with Gasteiger partial charge in [0.2, 0.25) is 5.91 Å². The highest BCUT2D eigenvalue weighted by Crippen LogP contribution is 2.31. The molecule has 0 bridgehead atoms. The molecule has 4 N–H and O–H groups in total. The van der Waals surface area contributed by atoms with Crippen LogP contribution >= 0.6 is 24.0 Å². The topological polar surface area (TPSA) is 80.0 Å². The van der Waals surface area contributed by atoms with E-state index in [-0.39, 0.29) is 50.1 Å². The Kier molecular flexibility index (Phi) is 8.96. The van der Waals surface area contributed by atoms with Crippen LogP contribution < -0.4 is 16.4 Å². The van der Waals surface area contributed by atoms with E-state index < -0.39 is 24.2 Å². The first-order valence-electron chi connectivity index (χ1n) is 9.80. The number of rotatable bonds is 8. The van der Waals surface area contributed by atoms with E-state index in [2.05, 4.69) is 15.6 Å². The van der Waals surface area contributed by atoms with E-state index in [0.29, 0.717) is 11.5 Å². The zero-order valence-electron chi connectivity index (χ0n) is 17.7. The van der Waals surface area contributed by atoms with Gasteiger partial charge < -0.3 is 16.4 Å². The number of carbonyl (C=O) groups is 1. The summed E-state index contributed by atoms with van der Waals surface area (Å²) < 4.78 is 43.7. The summed E-state index contributed by atoms with van der Waals surface area (Å²) in [6, 6.07) is 13.2. The molecule has 0 atom stereocenters. The molecule has 0 aliphatic rings. The molecule has 0 aliphatic carbocycles. The highest BCUT2D eigenvalue weighted by atomic mass is 35.5. The standard InChI is InChI=1S/C23H22ClF3N4O.ClH.2H2/c1-14-15(7-10-20(28)31-14)12-29-21(32)11-17-18(24)8-9-19(22(17)25)30-13-23(26,27)16-5-3-2-4-6-16;;;/h2-10,30H,11-13H2,1H3,(H2,28,31)(H,29,32);3*1H. The Hall–Kier alpha value is -2.97. The van der Waals surface area contributed by atoms with Gasteiger partial charge in [0.05, 0.1) is 18.7 Å². The Morgan fingerprint density at radius 1 is 1.15 bits per heavy atom. The molecule has 0 saturated carbocycles. The summed E-state index contributed by atoms with van der Waals surface area (Å²) in [6.45, 7) is 1.12. The maximum absolute atomic E-state index is 14.9. The summed E-state index contributed by atoms with van der Waals surface area (Å²) in [5.74, 6) is -4.17. The summed E-state index contributed by atoms with van der Waals surface area (Å²) >= 11 is 6.07. The maximum Gasteiger partial charge on any atom is 0.290 e. The van der Waals surface area contributed by atoms with Crippen molar-refractivity contribution in [3.8, 4) is 0 Å². The smallest absolute Gasteiger partial charge is 0.290 e. The minimum atomic E-state index is -3.21. The van der Waals surface area contributed by atoms with Crippen molar-refractivity contribution in [2.45, 2.75) is 25.8 Å². The lowest BCUT2D eigenvalue weighted by molar-refractivity contribution is -0.120. The number of halogens is 5. The van der Waals surface area contributed by atoms with Gasteiger partial charge in [0.1, 0.15) is 5.82 Å². The number of nitrogens with two attached hydrogens (primary N) is 1. The lowest BCUT2D eigenvalue weighted by atomic mass is 10.1. The number of nitrogens with one attached hydrogen (secondary N) is 2. The molecule has 0 spiro atoms. The van der Waals surface area contributed by atoms with E-state index in [1.807, 2.05) is 0 Å². The summed E-state index contributed by atoms with van der Waals surface area (Å²) in [4.78, 5) is 16.5. The van der Waals surface area contributed by atoms with E-state index in [0.717, 1.165) is 5.56 Å². The number of nitrogen functional groups attached to an aromatic ring is 1.